The maximum Gasteiger partial charge on any atom is 0.0110 e. The Morgan fingerprint density at radius 3 is 1.79 bits per heavy atom. The lowest BCUT2D eigenvalue weighted by Crippen LogP contribution is -2.46. The Bertz CT molecular complexity index is 194. The van der Waals surface area contributed by atoms with Crippen molar-refractivity contribution in [1.29, 1.82) is 0 Å². The average Bonchev–Trinajstić information content (AvgIpc) is 2.44. The molecule has 0 bridgehead atoms. The highest BCUT2D eigenvalue weighted by Crippen LogP contribution is 2.13. The van der Waals surface area contributed by atoms with Crippen LogP contribution in [0.25, 0.3) is 0 Å². The lowest BCUT2D eigenvalue weighted by molar-refractivity contribution is 0.137. The van der Waals surface area contributed by atoms with Crippen molar-refractivity contribution in [2.45, 2.75) is 40.0 Å². The molecule has 0 saturated carbocycles. The average molecular weight is 269 g/mol. The maximum atomic E-state index is 2.56. The van der Waals surface area contributed by atoms with Crippen molar-refractivity contribution in [2.75, 3.05) is 59.4 Å². The summed E-state index contributed by atoms with van der Waals surface area (Å²) < 4.78 is 0. The number of piperidine rings is 1. The van der Waals surface area contributed by atoms with Gasteiger partial charge in [-0.15, -0.1) is 0 Å². The van der Waals surface area contributed by atoms with E-state index in [1.807, 2.05) is 0 Å². The highest BCUT2D eigenvalue weighted by Gasteiger charge is 2.13. The fraction of sp³-hybridized carbons (Fsp3) is 1.00. The zero-order valence-corrected chi connectivity index (χ0v) is 13.7. The second-order valence-electron chi connectivity index (χ2n) is 6.26. The molecule has 114 valence electrons. The smallest absolute Gasteiger partial charge is 0.0110 e. The fourth-order valence-corrected chi connectivity index (χ4v) is 2.78. The van der Waals surface area contributed by atoms with Crippen LogP contribution in [-0.2, 0) is 0 Å². The molecule has 2 saturated heterocycles. The summed E-state index contributed by atoms with van der Waals surface area (Å²) in [5.41, 5.74) is 0. The van der Waals surface area contributed by atoms with Crippen LogP contribution in [0.2, 0.25) is 0 Å². The Labute approximate surface area is 120 Å². The van der Waals surface area contributed by atoms with E-state index in [4.69, 9.17) is 0 Å². The first-order chi connectivity index (χ1) is 9.15. The number of likely N-dealkylation sites (tertiary alicyclic amines) is 1. The molecule has 0 aromatic heterocycles. The van der Waals surface area contributed by atoms with E-state index >= 15 is 0 Å². The molecule has 2 rings (SSSR count). The predicted molar refractivity (Wildman–Crippen MR) is 84.7 cm³/mol. The second-order valence-corrected chi connectivity index (χ2v) is 6.26. The van der Waals surface area contributed by atoms with E-state index < -0.39 is 0 Å². The fourth-order valence-electron chi connectivity index (χ4n) is 2.78. The first-order valence-corrected chi connectivity index (χ1v) is 8.29. The highest BCUT2D eigenvalue weighted by atomic mass is 15.3. The summed E-state index contributed by atoms with van der Waals surface area (Å²) in [5, 5.41) is 0. The molecule has 3 nitrogen and oxygen atoms in total. The highest BCUT2D eigenvalue weighted by molar-refractivity contribution is 4.70. The molecule has 2 aliphatic heterocycles. The first kappa shape index (κ1) is 16.9. The number of nitrogens with zero attached hydrogens (tertiary/aromatic N) is 3. The van der Waals surface area contributed by atoms with Crippen molar-refractivity contribution in [2.24, 2.45) is 5.92 Å². The van der Waals surface area contributed by atoms with E-state index in [9.17, 15) is 0 Å². The second kappa shape index (κ2) is 9.73. The van der Waals surface area contributed by atoms with Gasteiger partial charge in [0.15, 0.2) is 0 Å². The van der Waals surface area contributed by atoms with E-state index in [1.165, 1.54) is 71.6 Å². The molecule has 0 spiro atoms. The molecule has 2 aliphatic rings. The molecule has 0 atom stereocenters. The summed E-state index contributed by atoms with van der Waals surface area (Å²) in [7, 11) is 2.20. The Morgan fingerprint density at radius 1 is 0.842 bits per heavy atom. The van der Waals surface area contributed by atoms with Crippen LogP contribution in [0.4, 0.5) is 0 Å². The minimum atomic E-state index is 0.978. The summed E-state index contributed by atoms with van der Waals surface area (Å²) >= 11 is 0. The number of hydrogen-bond donors (Lipinski definition) is 0. The van der Waals surface area contributed by atoms with Crippen LogP contribution in [0.5, 0.6) is 0 Å². The van der Waals surface area contributed by atoms with Gasteiger partial charge >= 0.3 is 0 Å². The van der Waals surface area contributed by atoms with Crippen molar-refractivity contribution in [3.8, 4) is 0 Å². The standard InChI is InChI=1S/C9H20N2.C7H15N/c1-3-5-11-8-6-10(4-2)7-9-11;1-7-3-5-8(2)6-4-7/h3-9H2,1-2H3;7H,3-6H2,1-2H3. The van der Waals surface area contributed by atoms with Gasteiger partial charge in [-0.3, -0.25) is 0 Å². The summed E-state index contributed by atoms with van der Waals surface area (Å²) in [4.78, 5) is 7.48. The minimum Gasteiger partial charge on any atom is -0.306 e. The molecular weight excluding hydrogens is 234 g/mol. The first-order valence-electron chi connectivity index (χ1n) is 8.29. The van der Waals surface area contributed by atoms with Gasteiger partial charge in [-0.2, -0.15) is 0 Å². The van der Waals surface area contributed by atoms with E-state index in [1.54, 1.807) is 0 Å². The van der Waals surface area contributed by atoms with Crippen LogP contribution in [0.3, 0.4) is 0 Å². The quantitative estimate of drug-likeness (QED) is 0.779. The summed E-state index contributed by atoms with van der Waals surface area (Å²) in [5.74, 6) is 0.978. The summed E-state index contributed by atoms with van der Waals surface area (Å²) in [6.45, 7) is 17.1. The van der Waals surface area contributed by atoms with Gasteiger partial charge in [0.2, 0.25) is 0 Å². The molecule has 3 heteroatoms. The zero-order chi connectivity index (χ0) is 14.1. The monoisotopic (exact) mass is 269 g/mol. The predicted octanol–water partition coefficient (Wildman–Crippen LogP) is 2.38. The molecule has 0 aromatic rings. The SMILES string of the molecule is CC1CCN(C)CC1.CCCN1CCN(CC)CC1. The van der Waals surface area contributed by atoms with Crippen molar-refractivity contribution >= 4 is 0 Å². The third kappa shape index (κ3) is 7.28. The molecule has 0 radical (unpaired) electrons. The van der Waals surface area contributed by atoms with E-state index in [0.717, 1.165) is 5.92 Å². The molecule has 2 fully saturated rings. The van der Waals surface area contributed by atoms with Gasteiger partial charge in [0.1, 0.15) is 0 Å². The minimum absolute atomic E-state index is 0.978. The van der Waals surface area contributed by atoms with E-state index in [-0.39, 0.29) is 0 Å². The van der Waals surface area contributed by atoms with Crippen LogP contribution in [0.15, 0.2) is 0 Å². The molecule has 0 unspecified atom stereocenters. The maximum absolute atomic E-state index is 2.56. The largest absolute Gasteiger partial charge is 0.306 e. The zero-order valence-electron chi connectivity index (χ0n) is 13.7. The third-order valence-electron chi connectivity index (χ3n) is 4.46. The molecule has 0 aromatic carbocycles. The lowest BCUT2D eigenvalue weighted by Gasteiger charge is -2.33. The lowest BCUT2D eigenvalue weighted by atomic mass is 10.00. The number of piperazine rings is 1. The Balaban J connectivity index is 0.000000200. The van der Waals surface area contributed by atoms with Gasteiger partial charge in [-0.25, -0.2) is 0 Å². The molecular formula is C16H35N3. The van der Waals surface area contributed by atoms with Crippen molar-refractivity contribution in [1.82, 2.24) is 14.7 Å². The van der Waals surface area contributed by atoms with E-state index in [2.05, 4.69) is 42.5 Å². The van der Waals surface area contributed by atoms with Crippen LogP contribution < -0.4 is 0 Å². The van der Waals surface area contributed by atoms with Crippen LogP contribution in [0, 0.1) is 5.92 Å². The van der Waals surface area contributed by atoms with Crippen LogP contribution in [0.1, 0.15) is 40.0 Å². The van der Waals surface area contributed by atoms with Crippen molar-refractivity contribution < 1.29 is 0 Å². The topological polar surface area (TPSA) is 9.72 Å². The van der Waals surface area contributed by atoms with Gasteiger partial charge < -0.3 is 14.7 Å². The Kier molecular flexibility index (Phi) is 8.67. The van der Waals surface area contributed by atoms with Crippen molar-refractivity contribution in [3.05, 3.63) is 0 Å². The summed E-state index contributed by atoms with van der Waals surface area (Å²) in [6, 6.07) is 0. The summed E-state index contributed by atoms with van der Waals surface area (Å²) in [6.07, 6.45) is 4.10. The van der Waals surface area contributed by atoms with Crippen LogP contribution >= 0.6 is 0 Å². The molecule has 0 amide bonds. The molecule has 2 heterocycles. The van der Waals surface area contributed by atoms with Gasteiger partial charge in [-0.1, -0.05) is 20.8 Å². The van der Waals surface area contributed by atoms with Gasteiger partial charge in [0, 0.05) is 26.2 Å². The number of hydrogen-bond acceptors (Lipinski definition) is 3. The van der Waals surface area contributed by atoms with Gasteiger partial charge in [0.05, 0.1) is 0 Å². The molecule has 0 N–H and O–H groups in total. The Hall–Kier alpha value is -0.120. The molecule has 0 aliphatic carbocycles. The molecule has 19 heavy (non-hydrogen) atoms. The Morgan fingerprint density at radius 2 is 1.37 bits per heavy atom. The third-order valence-corrected chi connectivity index (χ3v) is 4.46. The van der Waals surface area contributed by atoms with Crippen LogP contribution in [-0.4, -0.2) is 74.1 Å². The van der Waals surface area contributed by atoms with Gasteiger partial charge in [-0.05, 0) is 58.4 Å². The van der Waals surface area contributed by atoms with E-state index in [0.29, 0.717) is 0 Å². The number of likely N-dealkylation sites (N-methyl/N-ethyl adjacent to an activating group) is 1. The normalized spacial score (nSPS) is 24.0. The van der Waals surface area contributed by atoms with Gasteiger partial charge in [0.25, 0.3) is 0 Å². The number of rotatable bonds is 3. The van der Waals surface area contributed by atoms with Crippen molar-refractivity contribution in [3.63, 3.8) is 0 Å².